The molecule has 1 aromatic carbocycles. The van der Waals surface area contributed by atoms with Crippen molar-refractivity contribution in [2.45, 2.75) is 19.7 Å². The zero-order valence-corrected chi connectivity index (χ0v) is 9.14. The standard InChI is InChI=1S/C12H13FO3/c1-3-9-15-11(14)12(2,13)16-10-7-5-4-6-8-10/h3-9H,1-2H3. The minimum Gasteiger partial charge on any atom is -0.449 e. The Morgan fingerprint density at radius 1 is 1.38 bits per heavy atom. The van der Waals surface area contributed by atoms with Crippen LogP contribution < -0.4 is 4.74 Å². The second kappa shape index (κ2) is 5.30. The average molecular weight is 224 g/mol. The summed E-state index contributed by atoms with van der Waals surface area (Å²) in [6, 6.07) is 8.24. The molecule has 0 aliphatic carbocycles. The van der Waals surface area contributed by atoms with E-state index in [0.29, 0.717) is 0 Å². The molecule has 0 aliphatic heterocycles. The summed E-state index contributed by atoms with van der Waals surface area (Å²) in [7, 11) is 0. The summed E-state index contributed by atoms with van der Waals surface area (Å²) < 4.78 is 23.2. The van der Waals surface area contributed by atoms with E-state index in [-0.39, 0.29) is 5.75 Å². The summed E-state index contributed by atoms with van der Waals surface area (Å²) in [6.45, 7) is 2.66. The van der Waals surface area contributed by atoms with Gasteiger partial charge in [0.05, 0.1) is 6.26 Å². The smallest absolute Gasteiger partial charge is 0.389 e. The van der Waals surface area contributed by atoms with Crippen molar-refractivity contribution < 1.29 is 18.7 Å². The van der Waals surface area contributed by atoms with Gasteiger partial charge in [0.2, 0.25) is 0 Å². The third-order valence-electron chi connectivity index (χ3n) is 1.73. The van der Waals surface area contributed by atoms with Crippen molar-refractivity contribution in [2.75, 3.05) is 0 Å². The number of ether oxygens (including phenoxy) is 2. The van der Waals surface area contributed by atoms with Crippen LogP contribution in [0.3, 0.4) is 0 Å². The summed E-state index contributed by atoms with van der Waals surface area (Å²) in [4.78, 5) is 11.3. The maximum Gasteiger partial charge on any atom is 0.389 e. The molecule has 16 heavy (non-hydrogen) atoms. The molecule has 1 rings (SSSR count). The number of esters is 1. The number of alkyl halides is 1. The zero-order valence-electron chi connectivity index (χ0n) is 9.14. The quantitative estimate of drug-likeness (QED) is 0.582. The van der Waals surface area contributed by atoms with Gasteiger partial charge in [0.1, 0.15) is 5.75 Å². The summed E-state index contributed by atoms with van der Waals surface area (Å²) in [5, 5.41) is 0. The lowest BCUT2D eigenvalue weighted by Gasteiger charge is -2.19. The van der Waals surface area contributed by atoms with Gasteiger partial charge in [0.25, 0.3) is 0 Å². The van der Waals surface area contributed by atoms with Gasteiger partial charge in [-0.3, -0.25) is 0 Å². The fourth-order valence-corrected chi connectivity index (χ4v) is 0.987. The van der Waals surface area contributed by atoms with Gasteiger partial charge in [0, 0.05) is 6.92 Å². The molecule has 0 heterocycles. The molecule has 1 unspecified atom stereocenters. The van der Waals surface area contributed by atoms with Crippen LogP contribution in [-0.2, 0) is 9.53 Å². The highest BCUT2D eigenvalue weighted by atomic mass is 19.2. The van der Waals surface area contributed by atoms with Crippen LogP contribution in [0.2, 0.25) is 0 Å². The predicted molar refractivity (Wildman–Crippen MR) is 57.5 cm³/mol. The Morgan fingerprint density at radius 3 is 2.56 bits per heavy atom. The number of para-hydroxylation sites is 1. The Balaban J connectivity index is 2.67. The van der Waals surface area contributed by atoms with E-state index in [1.54, 1.807) is 37.3 Å². The van der Waals surface area contributed by atoms with Crippen LogP contribution in [0.1, 0.15) is 13.8 Å². The Labute approximate surface area is 93.5 Å². The van der Waals surface area contributed by atoms with E-state index in [2.05, 4.69) is 4.74 Å². The van der Waals surface area contributed by atoms with Crippen LogP contribution in [0.5, 0.6) is 5.75 Å². The van der Waals surface area contributed by atoms with E-state index >= 15 is 0 Å². The number of benzene rings is 1. The Hall–Kier alpha value is -1.84. The van der Waals surface area contributed by atoms with Crippen molar-refractivity contribution in [1.29, 1.82) is 0 Å². The molecule has 3 nitrogen and oxygen atoms in total. The largest absolute Gasteiger partial charge is 0.449 e. The third-order valence-corrected chi connectivity index (χ3v) is 1.73. The minimum absolute atomic E-state index is 0.268. The van der Waals surface area contributed by atoms with Crippen LogP contribution in [-0.4, -0.2) is 11.8 Å². The van der Waals surface area contributed by atoms with Gasteiger partial charge in [-0.1, -0.05) is 24.3 Å². The normalized spacial score (nSPS) is 14.4. The Morgan fingerprint density at radius 2 is 2.00 bits per heavy atom. The summed E-state index contributed by atoms with van der Waals surface area (Å²) >= 11 is 0. The van der Waals surface area contributed by atoms with Gasteiger partial charge in [-0.2, -0.15) is 4.39 Å². The van der Waals surface area contributed by atoms with E-state index in [0.717, 1.165) is 13.2 Å². The molecule has 86 valence electrons. The molecule has 0 fully saturated rings. The van der Waals surface area contributed by atoms with Crippen molar-refractivity contribution in [3.8, 4) is 5.75 Å². The second-order valence-corrected chi connectivity index (χ2v) is 3.21. The number of carbonyl (C=O) groups excluding carboxylic acids is 1. The number of hydrogen-bond donors (Lipinski definition) is 0. The third kappa shape index (κ3) is 3.38. The van der Waals surface area contributed by atoms with Gasteiger partial charge < -0.3 is 9.47 Å². The number of halogens is 1. The van der Waals surface area contributed by atoms with Crippen molar-refractivity contribution in [2.24, 2.45) is 0 Å². The highest BCUT2D eigenvalue weighted by molar-refractivity contribution is 5.78. The molecule has 4 heteroatoms. The number of rotatable bonds is 4. The van der Waals surface area contributed by atoms with Crippen LogP contribution >= 0.6 is 0 Å². The molecule has 0 aromatic heterocycles. The van der Waals surface area contributed by atoms with E-state index in [4.69, 9.17) is 4.74 Å². The molecule has 0 aliphatic rings. The first-order valence-corrected chi connectivity index (χ1v) is 4.81. The van der Waals surface area contributed by atoms with Crippen molar-refractivity contribution in [3.05, 3.63) is 42.7 Å². The molecule has 0 radical (unpaired) electrons. The summed E-state index contributed by atoms with van der Waals surface area (Å²) in [5.41, 5.74) is 0. The topological polar surface area (TPSA) is 35.5 Å². The molecule has 0 saturated carbocycles. The number of allylic oxidation sites excluding steroid dienone is 1. The lowest BCUT2D eigenvalue weighted by molar-refractivity contribution is -0.171. The minimum atomic E-state index is -2.50. The fourth-order valence-electron chi connectivity index (χ4n) is 0.987. The number of carbonyl (C=O) groups is 1. The fraction of sp³-hybridized carbons (Fsp3) is 0.250. The highest BCUT2D eigenvalue weighted by Gasteiger charge is 2.37. The van der Waals surface area contributed by atoms with Crippen LogP contribution in [0.4, 0.5) is 4.39 Å². The molecule has 0 bridgehead atoms. The molecule has 0 N–H and O–H groups in total. The first-order valence-electron chi connectivity index (χ1n) is 4.81. The summed E-state index contributed by atoms with van der Waals surface area (Å²) in [6.07, 6.45) is 2.59. The average Bonchev–Trinajstić information content (AvgIpc) is 2.26. The first-order chi connectivity index (χ1) is 7.56. The van der Waals surface area contributed by atoms with Gasteiger partial charge in [-0.05, 0) is 19.1 Å². The van der Waals surface area contributed by atoms with Gasteiger partial charge >= 0.3 is 11.8 Å². The van der Waals surface area contributed by atoms with Crippen molar-refractivity contribution in [1.82, 2.24) is 0 Å². The molecule has 1 atom stereocenters. The van der Waals surface area contributed by atoms with E-state index in [9.17, 15) is 9.18 Å². The van der Waals surface area contributed by atoms with Gasteiger partial charge in [-0.25, -0.2) is 4.79 Å². The SMILES string of the molecule is CC=COC(=O)C(C)(F)Oc1ccccc1. The maximum absolute atomic E-state index is 13.8. The molecule has 1 aromatic rings. The lowest BCUT2D eigenvalue weighted by atomic mass is 10.3. The van der Waals surface area contributed by atoms with E-state index < -0.39 is 11.8 Å². The monoisotopic (exact) mass is 224 g/mol. The van der Waals surface area contributed by atoms with Crippen LogP contribution in [0, 0.1) is 0 Å². The summed E-state index contributed by atoms with van der Waals surface area (Å²) in [5.74, 6) is -3.32. The van der Waals surface area contributed by atoms with Crippen LogP contribution in [0.25, 0.3) is 0 Å². The van der Waals surface area contributed by atoms with E-state index in [1.807, 2.05) is 0 Å². The van der Waals surface area contributed by atoms with Crippen molar-refractivity contribution >= 4 is 5.97 Å². The Kier molecular flexibility index (Phi) is 4.05. The highest BCUT2D eigenvalue weighted by Crippen LogP contribution is 2.20. The molecule has 0 amide bonds. The van der Waals surface area contributed by atoms with Gasteiger partial charge in [0.15, 0.2) is 0 Å². The predicted octanol–water partition coefficient (Wildman–Crippen LogP) is 2.83. The van der Waals surface area contributed by atoms with Crippen molar-refractivity contribution in [3.63, 3.8) is 0 Å². The maximum atomic E-state index is 13.8. The molecular formula is C12H13FO3. The lowest BCUT2D eigenvalue weighted by Crippen LogP contribution is -2.37. The molecule has 0 saturated heterocycles. The zero-order chi connectivity index (χ0) is 12.0. The Bertz CT molecular complexity index is 371. The molecule has 0 spiro atoms. The second-order valence-electron chi connectivity index (χ2n) is 3.21. The molecular weight excluding hydrogens is 211 g/mol. The van der Waals surface area contributed by atoms with Gasteiger partial charge in [-0.15, -0.1) is 0 Å². The first kappa shape index (κ1) is 12.2. The van der Waals surface area contributed by atoms with E-state index in [1.165, 1.54) is 6.08 Å². The number of hydrogen-bond acceptors (Lipinski definition) is 3. The van der Waals surface area contributed by atoms with Crippen LogP contribution in [0.15, 0.2) is 42.7 Å².